The second kappa shape index (κ2) is 8.66. The molecule has 0 aliphatic carbocycles. The van der Waals surface area contributed by atoms with Gasteiger partial charge in [0.15, 0.2) is 0 Å². The van der Waals surface area contributed by atoms with E-state index < -0.39 is 6.09 Å². The van der Waals surface area contributed by atoms with Crippen LogP contribution in [-0.4, -0.2) is 30.3 Å². The quantitative estimate of drug-likeness (QED) is 0.699. The summed E-state index contributed by atoms with van der Waals surface area (Å²) in [6.07, 6.45) is -0.590. The van der Waals surface area contributed by atoms with E-state index in [1.165, 1.54) is 4.90 Å². The number of benzene rings is 2. The number of hydrogen-bond acceptors (Lipinski definition) is 5. The molecule has 0 bridgehead atoms. The van der Waals surface area contributed by atoms with E-state index >= 15 is 0 Å². The Bertz CT molecular complexity index is 674. The minimum atomic E-state index is -0.767. The number of nitrogens with one attached hydrogen (secondary N) is 1. The Morgan fingerprint density at radius 2 is 1.75 bits per heavy atom. The van der Waals surface area contributed by atoms with Crippen LogP contribution in [0.4, 0.5) is 16.2 Å². The topological polar surface area (TPSA) is 105 Å². The van der Waals surface area contributed by atoms with E-state index in [2.05, 4.69) is 10.2 Å². The second-order valence-corrected chi connectivity index (χ2v) is 5.01. The van der Waals surface area contributed by atoms with E-state index in [-0.39, 0.29) is 25.5 Å². The average molecular weight is 329 g/mol. The average Bonchev–Trinajstić information content (AvgIpc) is 2.61. The molecule has 7 nitrogen and oxygen atoms in total. The zero-order valence-electron chi connectivity index (χ0n) is 13.0. The molecule has 2 aromatic rings. The molecule has 0 saturated carbocycles. The van der Waals surface area contributed by atoms with Gasteiger partial charge in [0.25, 0.3) is 0 Å². The minimum Gasteiger partial charge on any atom is -0.395 e. The molecule has 0 heterocycles. The Hall–Kier alpha value is -2.90. The highest BCUT2D eigenvalue weighted by molar-refractivity contribution is 5.94. The highest BCUT2D eigenvalue weighted by Crippen LogP contribution is 2.16. The zero-order valence-corrected chi connectivity index (χ0v) is 13.0. The number of nitrogens with two attached hydrogens (primary N) is 1. The summed E-state index contributed by atoms with van der Waals surface area (Å²) in [4.78, 5) is 29.1. The highest BCUT2D eigenvalue weighted by atomic mass is 16.7. The van der Waals surface area contributed by atoms with Gasteiger partial charge in [0.2, 0.25) is 5.91 Å². The van der Waals surface area contributed by atoms with Crippen LogP contribution >= 0.6 is 0 Å². The van der Waals surface area contributed by atoms with Crippen molar-refractivity contribution in [3.8, 4) is 0 Å². The summed E-state index contributed by atoms with van der Waals surface area (Å²) in [5, 5.41) is 11.6. The second-order valence-electron chi connectivity index (χ2n) is 5.01. The third-order valence-electron chi connectivity index (χ3n) is 3.36. The van der Waals surface area contributed by atoms with Gasteiger partial charge in [-0.05, 0) is 29.8 Å². The van der Waals surface area contributed by atoms with Crippen molar-refractivity contribution in [3.05, 3.63) is 60.2 Å². The third-order valence-corrected chi connectivity index (χ3v) is 3.36. The maximum atomic E-state index is 12.5. The summed E-state index contributed by atoms with van der Waals surface area (Å²) in [6.45, 7) is 0.107. The Balaban J connectivity index is 2.05. The molecule has 2 amide bonds. The third kappa shape index (κ3) is 4.80. The Morgan fingerprint density at radius 3 is 2.33 bits per heavy atom. The van der Waals surface area contributed by atoms with E-state index in [1.54, 1.807) is 24.3 Å². The molecular formula is C17H19N3O4. The summed E-state index contributed by atoms with van der Waals surface area (Å²) >= 11 is 0. The molecule has 24 heavy (non-hydrogen) atoms. The fourth-order valence-corrected chi connectivity index (χ4v) is 2.23. The number of anilines is 2. The fourth-order valence-electron chi connectivity index (χ4n) is 2.23. The molecule has 0 radical (unpaired) electrons. The number of para-hydroxylation sites is 1. The van der Waals surface area contributed by atoms with Gasteiger partial charge >= 0.3 is 6.09 Å². The zero-order chi connectivity index (χ0) is 17.4. The summed E-state index contributed by atoms with van der Waals surface area (Å²) in [6, 6.07) is 15.9. The van der Waals surface area contributed by atoms with E-state index in [1.807, 2.05) is 30.3 Å². The molecule has 0 saturated heterocycles. The lowest BCUT2D eigenvalue weighted by molar-refractivity contribution is -0.118. The lowest BCUT2D eigenvalue weighted by atomic mass is 10.1. The number of carbonyl (C=O) groups is 2. The molecule has 2 rings (SSSR count). The van der Waals surface area contributed by atoms with Gasteiger partial charge in [-0.2, -0.15) is 5.90 Å². The largest absolute Gasteiger partial charge is 0.430 e. The monoisotopic (exact) mass is 329 g/mol. The Kier molecular flexibility index (Phi) is 6.30. The standard InChI is InChI=1S/C17H19N3O4/c18-24-17(23)19-14-8-6-13(7-9-14)12-16(22)20(10-11-21)15-4-2-1-3-5-15/h1-9,21H,10-12,18H2,(H,19,23). The molecule has 0 spiro atoms. The molecule has 0 aliphatic rings. The van der Waals surface area contributed by atoms with Gasteiger partial charge in [0.1, 0.15) is 0 Å². The Labute approximate surface area is 139 Å². The van der Waals surface area contributed by atoms with Gasteiger partial charge in [-0.1, -0.05) is 30.3 Å². The number of aliphatic hydroxyl groups is 1. The van der Waals surface area contributed by atoms with E-state index in [4.69, 9.17) is 5.90 Å². The molecule has 4 N–H and O–H groups in total. The Morgan fingerprint density at radius 1 is 1.08 bits per heavy atom. The number of aliphatic hydroxyl groups excluding tert-OH is 1. The van der Waals surface area contributed by atoms with Crippen LogP contribution in [0.3, 0.4) is 0 Å². The highest BCUT2D eigenvalue weighted by Gasteiger charge is 2.15. The van der Waals surface area contributed by atoms with Gasteiger partial charge in [-0.15, -0.1) is 0 Å². The van der Waals surface area contributed by atoms with Crippen LogP contribution in [0, 0.1) is 0 Å². The molecule has 0 aliphatic heterocycles. The molecule has 7 heteroatoms. The van der Waals surface area contributed by atoms with Crippen LogP contribution in [0.25, 0.3) is 0 Å². The normalized spacial score (nSPS) is 10.1. The number of nitrogens with zero attached hydrogens (tertiary/aromatic N) is 1. The number of carbonyl (C=O) groups excluding carboxylic acids is 2. The minimum absolute atomic E-state index is 0.120. The van der Waals surface area contributed by atoms with Crippen molar-refractivity contribution >= 4 is 23.4 Å². The number of amides is 2. The summed E-state index contributed by atoms with van der Waals surface area (Å²) in [7, 11) is 0. The van der Waals surface area contributed by atoms with Crippen molar-refractivity contribution in [2.75, 3.05) is 23.4 Å². The SMILES string of the molecule is NOC(=O)Nc1ccc(CC(=O)N(CCO)c2ccccc2)cc1. The van der Waals surface area contributed by atoms with Crippen LogP contribution < -0.4 is 16.1 Å². The van der Waals surface area contributed by atoms with Crippen molar-refractivity contribution in [1.29, 1.82) is 0 Å². The number of hydrogen-bond donors (Lipinski definition) is 3. The fraction of sp³-hybridized carbons (Fsp3) is 0.176. The lowest BCUT2D eigenvalue weighted by Crippen LogP contribution is -2.34. The van der Waals surface area contributed by atoms with Crippen molar-refractivity contribution in [2.45, 2.75) is 6.42 Å². The summed E-state index contributed by atoms with van der Waals surface area (Å²) < 4.78 is 0. The van der Waals surface area contributed by atoms with E-state index in [9.17, 15) is 14.7 Å². The van der Waals surface area contributed by atoms with E-state index in [0.29, 0.717) is 5.69 Å². The lowest BCUT2D eigenvalue weighted by Gasteiger charge is -2.22. The first-order valence-electron chi connectivity index (χ1n) is 7.37. The first-order valence-corrected chi connectivity index (χ1v) is 7.37. The van der Waals surface area contributed by atoms with Crippen LogP contribution in [0.1, 0.15) is 5.56 Å². The van der Waals surface area contributed by atoms with Crippen LogP contribution in [0.15, 0.2) is 54.6 Å². The predicted molar refractivity (Wildman–Crippen MR) is 90.3 cm³/mol. The van der Waals surface area contributed by atoms with Crippen molar-refractivity contribution in [1.82, 2.24) is 0 Å². The summed E-state index contributed by atoms with van der Waals surface area (Å²) in [5.74, 6) is 4.62. The van der Waals surface area contributed by atoms with Gasteiger partial charge in [0.05, 0.1) is 13.0 Å². The van der Waals surface area contributed by atoms with Crippen LogP contribution in [0.5, 0.6) is 0 Å². The van der Waals surface area contributed by atoms with Crippen molar-refractivity contribution in [2.24, 2.45) is 5.90 Å². The summed E-state index contributed by atoms with van der Waals surface area (Å²) in [5.41, 5.74) is 2.03. The van der Waals surface area contributed by atoms with Gasteiger partial charge in [-0.25, -0.2) is 4.79 Å². The van der Waals surface area contributed by atoms with Crippen molar-refractivity contribution < 1.29 is 19.5 Å². The van der Waals surface area contributed by atoms with Crippen molar-refractivity contribution in [3.63, 3.8) is 0 Å². The molecule has 126 valence electrons. The van der Waals surface area contributed by atoms with E-state index in [0.717, 1.165) is 11.3 Å². The van der Waals surface area contributed by atoms with Crippen LogP contribution in [0.2, 0.25) is 0 Å². The molecular weight excluding hydrogens is 310 g/mol. The first kappa shape index (κ1) is 17.5. The van der Waals surface area contributed by atoms with Gasteiger partial charge in [-0.3, -0.25) is 10.1 Å². The van der Waals surface area contributed by atoms with Gasteiger partial charge < -0.3 is 14.8 Å². The molecule has 0 atom stereocenters. The number of rotatable bonds is 6. The molecule has 0 unspecified atom stereocenters. The van der Waals surface area contributed by atoms with Crippen LogP contribution in [-0.2, 0) is 16.1 Å². The maximum absolute atomic E-state index is 12.5. The molecule has 0 fully saturated rings. The smallest absolute Gasteiger partial charge is 0.395 e. The molecule has 0 aromatic heterocycles. The first-order chi connectivity index (χ1) is 11.6. The maximum Gasteiger partial charge on any atom is 0.430 e. The van der Waals surface area contributed by atoms with Gasteiger partial charge in [0, 0.05) is 17.9 Å². The molecule has 2 aromatic carbocycles. The predicted octanol–water partition coefficient (Wildman–Crippen LogP) is 1.68.